The van der Waals surface area contributed by atoms with E-state index in [2.05, 4.69) is 64.8 Å². The molecule has 1 atom stereocenters. The van der Waals surface area contributed by atoms with Crippen molar-refractivity contribution in [2.24, 2.45) is 12.5 Å². The Morgan fingerprint density at radius 2 is 1.88 bits per heavy atom. The monoisotopic (exact) mass is 338 g/mol. The normalized spacial score (nSPS) is 23.1. The van der Waals surface area contributed by atoms with Crippen molar-refractivity contribution in [3.8, 4) is 0 Å². The van der Waals surface area contributed by atoms with E-state index >= 15 is 0 Å². The maximum Gasteiger partial charge on any atom is 0.137 e. The molecule has 0 bridgehead atoms. The van der Waals surface area contributed by atoms with Crippen molar-refractivity contribution in [3.63, 3.8) is 0 Å². The lowest BCUT2D eigenvalue weighted by atomic mass is 9.76. The molecule has 1 saturated heterocycles. The second kappa shape index (κ2) is 6.56. The summed E-state index contributed by atoms with van der Waals surface area (Å²) in [4.78, 5) is 2.65. The molecule has 1 spiro atoms. The second-order valence-electron chi connectivity index (χ2n) is 8.49. The smallest absolute Gasteiger partial charge is 0.137 e. The van der Waals surface area contributed by atoms with E-state index in [0.717, 1.165) is 13.1 Å². The molecule has 1 aliphatic heterocycles. The first-order chi connectivity index (χ1) is 12.1. The summed E-state index contributed by atoms with van der Waals surface area (Å²) in [5, 5.41) is 8.63. The summed E-state index contributed by atoms with van der Waals surface area (Å²) >= 11 is 0. The Hall–Kier alpha value is -1.68. The van der Waals surface area contributed by atoms with Crippen LogP contribution in [-0.4, -0.2) is 32.8 Å². The fourth-order valence-corrected chi connectivity index (χ4v) is 5.01. The summed E-state index contributed by atoms with van der Waals surface area (Å²) in [6.45, 7) is 7.87. The predicted octanol–water partition coefficient (Wildman–Crippen LogP) is 4.10. The summed E-state index contributed by atoms with van der Waals surface area (Å²) in [5.41, 5.74) is 3.27. The van der Waals surface area contributed by atoms with Gasteiger partial charge in [-0.25, -0.2) is 0 Å². The van der Waals surface area contributed by atoms with Gasteiger partial charge in [0.25, 0.3) is 0 Å². The lowest BCUT2D eigenvalue weighted by Gasteiger charge is -2.29. The molecule has 0 radical (unpaired) electrons. The van der Waals surface area contributed by atoms with Crippen molar-refractivity contribution >= 4 is 0 Å². The Kier molecular flexibility index (Phi) is 4.40. The molecule has 1 saturated carbocycles. The van der Waals surface area contributed by atoms with Crippen LogP contribution in [0.1, 0.15) is 68.3 Å². The van der Waals surface area contributed by atoms with Gasteiger partial charge in [0.2, 0.25) is 0 Å². The van der Waals surface area contributed by atoms with Gasteiger partial charge in [0.15, 0.2) is 0 Å². The molecule has 134 valence electrons. The molecule has 4 nitrogen and oxygen atoms in total. The van der Waals surface area contributed by atoms with Crippen molar-refractivity contribution in [2.75, 3.05) is 13.1 Å². The lowest BCUT2D eigenvalue weighted by Crippen LogP contribution is -2.27. The van der Waals surface area contributed by atoms with Gasteiger partial charge in [-0.1, -0.05) is 51.0 Å². The van der Waals surface area contributed by atoms with Crippen LogP contribution >= 0.6 is 0 Å². The zero-order valence-electron chi connectivity index (χ0n) is 15.8. The second-order valence-corrected chi connectivity index (χ2v) is 8.49. The number of aromatic nitrogens is 3. The number of hydrogen-bond acceptors (Lipinski definition) is 3. The van der Waals surface area contributed by atoms with Gasteiger partial charge in [-0.2, -0.15) is 0 Å². The number of benzene rings is 1. The van der Waals surface area contributed by atoms with Gasteiger partial charge in [0, 0.05) is 32.6 Å². The molecule has 0 N–H and O–H groups in total. The molecular formula is C21H30N4. The Morgan fingerprint density at radius 1 is 1.16 bits per heavy atom. The largest absolute Gasteiger partial charge is 0.320 e. The number of likely N-dealkylation sites (tertiary alicyclic amines) is 1. The average molecular weight is 338 g/mol. The van der Waals surface area contributed by atoms with Crippen LogP contribution in [0.2, 0.25) is 0 Å². The van der Waals surface area contributed by atoms with E-state index in [1.165, 1.54) is 49.2 Å². The maximum atomic E-state index is 4.48. The SMILES string of the molecule is CC(C)c1ccc(CN2CC(c3nncn3C)C3(CCCC3)C2)cc1. The van der Waals surface area contributed by atoms with Crippen LogP contribution < -0.4 is 0 Å². The quantitative estimate of drug-likeness (QED) is 0.842. The molecule has 1 aromatic heterocycles. The summed E-state index contributed by atoms with van der Waals surface area (Å²) in [6.07, 6.45) is 7.27. The number of rotatable bonds is 4. The Labute approximate surface area is 151 Å². The summed E-state index contributed by atoms with van der Waals surface area (Å²) in [6, 6.07) is 9.21. The topological polar surface area (TPSA) is 34.0 Å². The molecule has 2 aromatic rings. The van der Waals surface area contributed by atoms with Gasteiger partial charge < -0.3 is 4.57 Å². The molecule has 1 aliphatic carbocycles. The summed E-state index contributed by atoms with van der Waals surface area (Å²) < 4.78 is 2.13. The van der Waals surface area contributed by atoms with Crippen LogP contribution in [-0.2, 0) is 13.6 Å². The molecule has 1 unspecified atom stereocenters. The molecule has 4 heteroatoms. The van der Waals surface area contributed by atoms with Crippen molar-refractivity contribution in [3.05, 3.63) is 47.5 Å². The van der Waals surface area contributed by atoms with E-state index in [0.29, 0.717) is 17.3 Å². The van der Waals surface area contributed by atoms with Gasteiger partial charge in [-0.3, -0.25) is 4.90 Å². The Balaban J connectivity index is 1.53. The molecule has 25 heavy (non-hydrogen) atoms. The van der Waals surface area contributed by atoms with E-state index in [4.69, 9.17) is 0 Å². The standard InChI is InChI=1S/C21H30N4/c1-16(2)18-8-6-17(7-9-18)12-25-13-19(20-23-22-15-24(20)3)21(14-25)10-4-5-11-21/h6-9,15-16,19H,4-5,10-14H2,1-3H3. The van der Waals surface area contributed by atoms with E-state index < -0.39 is 0 Å². The number of hydrogen-bond donors (Lipinski definition) is 0. The summed E-state index contributed by atoms with van der Waals surface area (Å²) in [7, 11) is 2.09. The first-order valence-corrected chi connectivity index (χ1v) is 9.72. The molecular weight excluding hydrogens is 308 g/mol. The summed E-state index contributed by atoms with van der Waals surface area (Å²) in [5.74, 6) is 2.31. The minimum absolute atomic E-state index is 0.415. The van der Waals surface area contributed by atoms with E-state index in [-0.39, 0.29) is 0 Å². The number of nitrogens with zero attached hydrogens (tertiary/aromatic N) is 4. The fraction of sp³-hybridized carbons (Fsp3) is 0.619. The van der Waals surface area contributed by atoms with Crippen LogP contribution in [0.5, 0.6) is 0 Å². The van der Waals surface area contributed by atoms with E-state index in [1.54, 1.807) is 0 Å². The molecule has 4 rings (SSSR count). The third kappa shape index (κ3) is 3.12. The molecule has 2 heterocycles. The van der Waals surface area contributed by atoms with E-state index in [1.807, 2.05) is 6.33 Å². The highest BCUT2D eigenvalue weighted by Crippen LogP contribution is 2.53. The van der Waals surface area contributed by atoms with Crippen LogP contribution in [0.25, 0.3) is 0 Å². The third-order valence-corrected chi connectivity index (χ3v) is 6.43. The zero-order valence-corrected chi connectivity index (χ0v) is 15.8. The third-order valence-electron chi connectivity index (χ3n) is 6.43. The fourth-order valence-electron chi connectivity index (χ4n) is 5.01. The Bertz CT molecular complexity index is 710. The van der Waals surface area contributed by atoms with Gasteiger partial charge in [0.1, 0.15) is 12.2 Å². The minimum Gasteiger partial charge on any atom is -0.320 e. The van der Waals surface area contributed by atoms with Gasteiger partial charge in [-0.05, 0) is 35.3 Å². The van der Waals surface area contributed by atoms with Crippen LogP contribution in [0.15, 0.2) is 30.6 Å². The lowest BCUT2D eigenvalue weighted by molar-refractivity contribution is 0.243. The van der Waals surface area contributed by atoms with Crippen molar-refractivity contribution in [1.82, 2.24) is 19.7 Å². The first kappa shape index (κ1) is 16.8. The van der Waals surface area contributed by atoms with Gasteiger partial charge >= 0.3 is 0 Å². The van der Waals surface area contributed by atoms with Crippen LogP contribution in [0.3, 0.4) is 0 Å². The predicted molar refractivity (Wildman–Crippen MR) is 100 cm³/mol. The average Bonchev–Trinajstić information content (AvgIpc) is 3.30. The van der Waals surface area contributed by atoms with Gasteiger partial charge in [0.05, 0.1) is 0 Å². The van der Waals surface area contributed by atoms with Crippen LogP contribution in [0, 0.1) is 5.41 Å². The highest BCUT2D eigenvalue weighted by molar-refractivity contribution is 5.25. The number of aryl methyl sites for hydroxylation is 1. The Morgan fingerprint density at radius 3 is 2.48 bits per heavy atom. The first-order valence-electron chi connectivity index (χ1n) is 9.72. The van der Waals surface area contributed by atoms with Crippen molar-refractivity contribution < 1.29 is 0 Å². The zero-order chi connectivity index (χ0) is 17.4. The minimum atomic E-state index is 0.415. The van der Waals surface area contributed by atoms with Crippen molar-refractivity contribution in [1.29, 1.82) is 0 Å². The molecule has 1 aromatic carbocycles. The molecule has 0 amide bonds. The van der Waals surface area contributed by atoms with Crippen LogP contribution in [0.4, 0.5) is 0 Å². The maximum absolute atomic E-state index is 4.48. The van der Waals surface area contributed by atoms with Crippen molar-refractivity contribution in [2.45, 2.75) is 57.9 Å². The highest BCUT2D eigenvalue weighted by atomic mass is 15.3. The highest BCUT2D eigenvalue weighted by Gasteiger charge is 2.50. The molecule has 2 aliphatic rings. The van der Waals surface area contributed by atoms with E-state index in [9.17, 15) is 0 Å². The molecule has 2 fully saturated rings. The van der Waals surface area contributed by atoms with Gasteiger partial charge in [-0.15, -0.1) is 10.2 Å².